The maximum atomic E-state index is 12.5. The van der Waals surface area contributed by atoms with Gasteiger partial charge in [0.1, 0.15) is 5.76 Å². The highest BCUT2D eigenvalue weighted by Crippen LogP contribution is 2.15. The summed E-state index contributed by atoms with van der Waals surface area (Å²) in [5, 5.41) is 5.90. The van der Waals surface area contributed by atoms with E-state index in [-0.39, 0.29) is 30.3 Å². The van der Waals surface area contributed by atoms with E-state index in [0.29, 0.717) is 35.9 Å². The number of nitrogens with one attached hydrogen (secondary N) is 2. The highest BCUT2D eigenvalue weighted by Gasteiger charge is 2.23. The molecule has 0 bridgehead atoms. The van der Waals surface area contributed by atoms with Crippen LogP contribution in [0.25, 0.3) is 0 Å². The average Bonchev–Trinajstić information content (AvgIpc) is 3.22. The van der Waals surface area contributed by atoms with Crippen LogP contribution >= 0.6 is 0 Å². The van der Waals surface area contributed by atoms with Crippen LogP contribution in [-0.4, -0.2) is 66.3 Å². The van der Waals surface area contributed by atoms with Gasteiger partial charge in [-0.1, -0.05) is 6.07 Å². The third-order valence-corrected chi connectivity index (χ3v) is 5.70. The Morgan fingerprint density at radius 1 is 1.09 bits per heavy atom. The van der Waals surface area contributed by atoms with E-state index in [0.717, 1.165) is 25.9 Å². The van der Waals surface area contributed by atoms with Crippen molar-refractivity contribution in [3.8, 4) is 0 Å². The Kier molecular flexibility index (Phi) is 8.05. The third-order valence-electron chi connectivity index (χ3n) is 5.70. The van der Waals surface area contributed by atoms with Gasteiger partial charge in [-0.05, 0) is 63.9 Å². The van der Waals surface area contributed by atoms with Gasteiger partial charge in [-0.25, -0.2) is 0 Å². The van der Waals surface area contributed by atoms with Crippen LogP contribution < -0.4 is 10.6 Å². The van der Waals surface area contributed by atoms with Crippen molar-refractivity contribution in [2.75, 3.05) is 38.0 Å². The van der Waals surface area contributed by atoms with Crippen LogP contribution in [0.1, 0.15) is 53.4 Å². The maximum Gasteiger partial charge on any atom is 0.287 e. The molecule has 0 aliphatic carbocycles. The Labute approximate surface area is 188 Å². The molecule has 2 aromatic rings. The minimum Gasteiger partial charge on any atom is -0.456 e. The summed E-state index contributed by atoms with van der Waals surface area (Å²) in [6, 6.07) is 10.6. The van der Waals surface area contributed by atoms with Gasteiger partial charge in [0.2, 0.25) is 5.91 Å². The van der Waals surface area contributed by atoms with Crippen LogP contribution in [0.2, 0.25) is 0 Å². The Bertz CT molecular complexity index is 943. The largest absolute Gasteiger partial charge is 0.456 e. The summed E-state index contributed by atoms with van der Waals surface area (Å²) in [4.78, 5) is 41.1. The predicted octanol–water partition coefficient (Wildman–Crippen LogP) is 2.90. The lowest BCUT2D eigenvalue weighted by molar-refractivity contribution is -0.117. The van der Waals surface area contributed by atoms with E-state index >= 15 is 0 Å². The second-order valence-electron chi connectivity index (χ2n) is 8.04. The minimum absolute atomic E-state index is 0.0417. The van der Waals surface area contributed by atoms with Crippen LogP contribution in [0.4, 0.5) is 5.69 Å². The molecule has 0 unspecified atom stereocenters. The lowest BCUT2D eigenvalue weighted by atomic mass is 10.0. The van der Waals surface area contributed by atoms with E-state index in [4.69, 9.17) is 4.42 Å². The number of amides is 3. The smallest absolute Gasteiger partial charge is 0.287 e. The zero-order valence-electron chi connectivity index (χ0n) is 19.0. The molecular weight excluding hydrogens is 408 g/mol. The number of rotatable bonds is 8. The second-order valence-corrected chi connectivity index (χ2v) is 8.04. The number of nitrogens with zero attached hydrogens (tertiary/aromatic N) is 2. The molecule has 0 spiro atoms. The maximum absolute atomic E-state index is 12.5. The highest BCUT2D eigenvalue weighted by molar-refractivity contribution is 5.97. The summed E-state index contributed by atoms with van der Waals surface area (Å²) in [5.74, 6) is 0.671. The molecule has 0 saturated carbocycles. The zero-order valence-corrected chi connectivity index (χ0v) is 19.0. The first-order valence-corrected chi connectivity index (χ1v) is 11.2. The van der Waals surface area contributed by atoms with Gasteiger partial charge in [-0.15, -0.1) is 0 Å². The lowest BCUT2D eigenvalue weighted by Crippen LogP contribution is -2.46. The molecule has 8 heteroatoms. The molecule has 1 aromatic heterocycles. The molecule has 172 valence electrons. The van der Waals surface area contributed by atoms with Gasteiger partial charge in [0.25, 0.3) is 11.8 Å². The summed E-state index contributed by atoms with van der Waals surface area (Å²) in [6.45, 7) is 8.68. The van der Waals surface area contributed by atoms with E-state index in [2.05, 4.69) is 15.5 Å². The molecule has 0 radical (unpaired) electrons. The van der Waals surface area contributed by atoms with Crippen LogP contribution in [0.5, 0.6) is 0 Å². The van der Waals surface area contributed by atoms with Crippen molar-refractivity contribution in [1.29, 1.82) is 0 Å². The lowest BCUT2D eigenvalue weighted by Gasteiger charge is -2.31. The van der Waals surface area contributed by atoms with Crippen molar-refractivity contribution < 1.29 is 18.8 Å². The quantitative estimate of drug-likeness (QED) is 0.658. The number of carbonyl (C=O) groups is 3. The van der Waals surface area contributed by atoms with Crippen LogP contribution in [0.15, 0.2) is 40.8 Å². The number of likely N-dealkylation sites (tertiary alicyclic amines) is 1. The van der Waals surface area contributed by atoms with Crippen molar-refractivity contribution in [3.05, 3.63) is 53.5 Å². The van der Waals surface area contributed by atoms with Crippen LogP contribution in [0, 0.1) is 6.92 Å². The monoisotopic (exact) mass is 440 g/mol. The van der Waals surface area contributed by atoms with E-state index in [1.54, 1.807) is 48.2 Å². The molecule has 0 atom stereocenters. The number of hydrogen-bond donors (Lipinski definition) is 2. The Morgan fingerprint density at radius 2 is 1.81 bits per heavy atom. The fourth-order valence-corrected chi connectivity index (χ4v) is 3.88. The molecule has 2 N–H and O–H groups in total. The molecule has 1 aliphatic heterocycles. The first kappa shape index (κ1) is 23.5. The van der Waals surface area contributed by atoms with E-state index in [9.17, 15) is 14.4 Å². The summed E-state index contributed by atoms with van der Waals surface area (Å²) < 4.78 is 5.37. The SMILES string of the molecule is CCN(CC)C(=O)c1cccc(NC(=O)CN2CCC(NC(=O)c3ccc(C)o3)CC2)c1. The van der Waals surface area contributed by atoms with Crippen molar-refractivity contribution in [2.24, 2.45) is 0 Å². The van der Waals surface area contributed by atoms with Gasteiger partial charge in [0.15, 0.2) is 5.76 Å². The van der Waals surface area contributed by atoms with E-state index in [1.807, 2.05) is 13.8 Å². The number of carbonyl (C=O) groups excluding carboxylic acids is 3. The topological polar surface area (TPSA) is 94.9 Å². The van der Waals surface area contributed by atoms with Crippen molar-refractivity contribution in [3.63, 3.8) is 0 Å². The summed E-state index contributed by atoms with van der Waals surface area (Å²) >= 11 is 0. The van der Waals surface area contributed by atoms with Crippen molar-refractivity contribution in [1.82, 2.24) is 15.1 Å². The average molecular weight is 441 g/mol. The van der Waals surface area contributed by atoms with Gasteiger partial charge in [0, 0.05) is 43.5 Å². The first-order valence-electron chi connectivity index (χ1n) is 11.2. The fourth-order valence-electron chi connectivity index (χ4n) is 3.88. The molecule has 3 rings (SSSR count). The second kappa shape index (κ2) is 10.9. The fraction of sp³-hybridized carbons (Fsp3) is 0.458. The summed E-state index contributed by atoms with van der Waals surface area (Å²) in [5.41, 5.74) is 1.18. The number of anilines is 1. The van der Waals surface area contributed by atoms with Crippen molar-refractivity contribution >= 4 is 23.4 Å². The molecule has 1 fully saturated rings. The van der Waals surface area contributed by atoms with Gasteiger partial charge in [-0.3, -0.25) is 19.3 Å². The van der Waals surface area contributed by atoms with Gasteiger partial charge in [-0.2, -0.15) is 0 Å². The molecule has 8 nitrogen and oxygen atoms in total. The molecule has 32 heavy (non-hydrogen) atoms. The van der Waals surface area contributed by atoms with Gasteiger partial charge < -0.3 is 20.0 Å². The number of aryl methyl sites for hydroxylation is 1. The number of piperidine rings is 1. The zero-order chi connectivity index (χ0) is 23.1. The molecular formula is C24H32N4O4. The predicted molar refractivity (Wildman–Crippen MR) is 123 cm³/mol. The standard InChI is InChI=1S/C24H32N4O4/c1-4-28(5-2)24(31)18-7-6-8-20(15-18)25-22(29)16-27-13-11-19(12-14-27)26-23(30)21-10-9-17(3)32-21/h6-10,15,19H,4-5,11-14,16H2,1-3H3,(H,25,29)(H,26,30). The molecule has 1 aliphatic rings. The van der Waals surface area contributed by atoms with Crippen LogP contribution in [-0.2, 0) is 4.79 Å². The first-order chi connectivity index (χ1) is 15.4. The van der Waals surface area contributed by atoms with Gasteiger partial charge in [0.05, 0.1) is 6.54 Å². The molecule has 2 heterocycles. The normalized spacial score (nSPS) is 14.7. The number of benzene rings is 1. The minimum atomic E-state index is -0.201. The Hall–Kier alpha value is -3.13. The molecule has 1 saturated heterocycles. The number of furan rings is 1. The Morgan fingerprint density at radius 3 is 2.44 bits per heavy atom. The Balaban J connectivity index is 1.46. The molecule has 3 amide bonds. The third kappa shape index (κ3) is 6.20. The molecule has 1 aromatic carbocycles. The number of hydrogen-bond acceptors (Lipinski definition) is 5. The summed E-state index contributed by atoms with van der Waals surface area (Å²) in [6.07, 6.45) is 1.54. The van der Waals surface area contributed by atoms with Gasteiger partial charge >= 0.3 is 0 Å². The van der Waals surface area contributed by atoms with E-state index < -0.39 is 0 Å². The van der Waals surface area contributed by atoms with Crippen molar-refractivity contribution in [2.45, 2.75) is 39.7 Å². The van der Waals surface area contributed by atoms with Crippen LogP contribution in [0.3, 0.4) is 0 Å². The van der Waals surface area contributed by atoms with E-state index in [1.165, 1.54) is 0 Å². The highest BCUT2D eigenvalue weighted by atomic mass is 16.3. The summed E-state index contributed by atoms with van der Waals surface area (Å²) in [7, 11) is 0.